The number of hydrogen-bond donors (Lipinski definition) is 0. The highest BCUT2D eigenvalue weighted by atomic mass is 127. The third-order valence-electron chi connectivity index (χ3n) is 2.48. The van der Waals surface area contributed by atoms with Crippen molar-refractivity contribution in [3.05, 3.63) is 23.8 Å². The Bertz CT molecular complexity index is 387. The van der Waals surface area contributed by atoms with E-state index in [0.717, 1.165) is 18.8 Å². The lowest BCUT2D eigenvalue weighted by Crippen LogP contribution is -2.22. The molecule has 1 aromatic rings. The average molecular weight is 407 g/mol. The number of rotatable bonds is 4. The van der Waals surface area contributed by atoms with Crippen LogP contribution in [-0.2, 0) is 0 Å². The molecule has 0 aliphatic rings. The average Bonchev–Trinajstić information content (AvgIpc) is 2.51. The molecule has 1 aromatic carbocycles. The maximum atomic E-state index is 5.34. The van der Waals surface area contributed by atoms with Gasteiger partial charge in [0.1, 0.15) is 5.75 Å². The fraction of sp³-hybridized carbons (Fsp3) is 0.500. The molecule has 114 valence electrons. The van der Waals surface area contributed by atoms with Crippen LogP contribution < -0.4 is 9.64 Å². The zero-order valence-electron chi connectivity index (χ0n) is 13.4. The maximum absolute atomic E-state index is 5.34. The second kappa shape index (κ2) is 14.9. The maximum Gasteiger partial charge on any atom is 0.142 e. The fourth-order valence-corrected chi connectivity index (χ4v) is 1.61. The van der Waals surface area contributed by atoms with Gasteiger partial charge in [-0.3, -0.25) is 0 Å². The summed E-state index contributed by atoms with van der Waals surface area (Å²) in [5, 5.41) is 2.33. The number of methoxy groups -OCH3 is 1. The molecule has 0 N–H and O–H groups in total. The standard InChI is InChI=1S/C12H19NO.C2HIS.C2H6/c1-5-13(6-2)11-9-10(3)7-8-12(11)14-4;1-2-4-3;1-2/h7-9H,5-6H2,1-4H3;1H;1-2H3. The van der Waals surface area contributed by atoms with Crippen molar-refractivity contribution in [2.24, 2.45) is 0 Å². The summed E-state index contributed by atoms with van der Waals surface area (Å²) in [5.41, 5.74) is 2.46. The third-order valence-corrected chi connectivity index (χ3v) is 3.33. The first-order chi connectivity index (χ1) is 9.64. The SMILES string of the molecule is C#CSI.CC.CCN(CC)c1cc(C)ccc1OC. The van der Waals surface area contributed by atoms with Gasteiger partial charge in [0, 0.05) is 34.3 Å². The normalized spacial score (nSPS) is 8.30. The van der Waals surface area contributed by atoms with Gasteiger partial charge in [-0.15, -0.1) is 6.42 Å². The Balaban J connectivity index is 0. The van der Waals surface area contributed by atoms with Crippen molar-refractivity contribution in [3.63, 3.8) is 0 Å². The predicted octanol–water partition coefficient (Wildman–Crippen LogP) is 5.54. The molecule has 0 aliphatic heterocycles. The lowest BCUT2D eigenvalue weighted by molar-refractivity contribution is 0.414. The van der Waals surface area contributed by atoms with Crippen molar-refractivity contribution in [1.29, 1.82) is 0 Å². The predicted molar refractivity (Wildman–Crippen MR) is 103 cm³/mol. The van der Waals surface area contributed by atoms with Gasteiger partial charge in [0.2, 0.25) is 0 Å². The van der Waals surface area contributed by atoms with E-state index in [1.165, 1.54) is 20.2 Å². The fourth-order valence-electron chi connectivity index (χ4n) is 1.61. The van der Waals surface area contributed by atoms with Crippen LogP contribution in [0.15, 0.2) is 18.2 Å². The molecule has 2 nitrogen and oxygen atoms in total. The first kappa shape index (κ1) is 21.8. The monoisotopic (exact) mass is 407 g/mol. The molecule has 0 fully saturated rings. The Hall–Kier alpha value is -0.540. The van der Waals surface area contributed by atoms with E-state index in [1.807, 2.05) is 41.1 Å². The van der Waals surface area contributed by atoms with Crippen LogP contribution in [0.1, 0.15) is 33.3 Å². The number of ether oxygens (including phenoxy) is 1. The molecule has 0 radical (unpaired) electrons. The van der Waals surface area contributed by atoms with Gasteiger partial charge in [0.05, 0.1) is 12.8 Å². The van der Waals surface area contributed by atoms with Gasteiger partial charge in [-0.1, -0.05) is 19.9 Å². The molecule has 20 heavy (non-hydrogen) atoms. The molecular weight excluding hydrogens is 381 g/mol. The van der Waals surface area contributed by atoms with Gasteiger partial charge in [-0.05, 0) is 52.7 Å². The number of halogens is 1. The van der Waals surface area contributed by atoms with Crippen molar-refractivity contribution in [2.75, 3.05) is 25.1 Å². The summed E-state index contributed by atoms with van der Waals surface area (Å²) in [7, 11) is 3.07. The van der Waals surface area contributed by atoms with Gasteiger partial charge in [-0.2, -0.15) is 0 Å². The van der Waals surface area contributed by atoms with E-state index in [2.05, 4.69) is 43.1 Å². The second-order valence-electron chi connectivity index (χ2n) is 3.54. The van der Waals surface area contributed by atoms with Crippen molar-refractivity contribution in [2.45, 2.75) is 34.6 Å². The third kappa shape index (κ3) is 8.60. The van der Waals surface area contributed by atoms with Crippen LogP contribution >= 0.6 is 30.1 Å². The van der Waals surface area contributed by atoms with Crippen LogP contribution in [0, 0.1) is 18.6 Å². The topological polar surface area (TPSA) is 12.5 Å². The Morgan fingerprint density at radius 2 is 1.80 bits per heavy atom. The molecule has 0 aliphatic carbocycles. The second-order valence-corrected chi connectivity index (χ2v) is 5.25. The highest BCUT2D eigenvalue weighted by Crippen LogP contribution is 2.28. The summed E-state index contributed by atoms with van der Waals surface area (Å²) in [6.45, 7) is 12.4. The summed E-state index contributed by atoms with van der Waals surface area (Å²) in [6, 6.07) is 6.28. The summed E-state index contributed by atoms with van der Waals surface area (Å²) in [5.74, 6) is 0.958. The van der Waals surface area contributed by atoms with Crippen molar-refractivity contribution < 1.29 is 4.74 Å². The molecule has 0 atom stereocenters. The Kier molecular flexibility index (Phi) is 16.2. The number of hydrogen-bond acceptors (Lipinski definition) is 3. The van der Waals surface area contributed by atoms with E-state index < -0.39 is 0 Å². The molecule has 0 bridgehead atoms. The van der Waals surface area contributed by atoms with E-state index in [-0.39, 0.29) is 0 Å². The quantitative estimate of drug-likeness (QED) is 0.481. The molecule has 0 aromatic heterocycles. The van der Waals surface area contributed by atoms with Gasteiger partial charge >= 0.3 is 0 Å². The van der Waals surface area contributed by atoms with Crippen LogP contribution in [0.25, 0.3) is 0 Å². The summed E-state index contributed by atoms with van der Waals surface area (Å²) in [4.78, 5) is 2.30. The van der Waals surface area contributed by atoms with Crippen molar-refractivity contribution in [3.8, 4) is 17.4 Å². The molecular formula is C16H26INOS. The molecule has 0 saturated heterocycles. The highest BCUT2D eigenvalue weighted by Gasteiger charge is 2.08. The Morgan fingerprint density at radius 3 is 2.15 bits per heavy atom. The minimum atomic E-state index is 0.958. The highest BCUT2D eigenvalue weighted by molar-refractivity contribution is 14.2. The number of benzene rings is 1. The van der Waals surface area contributed by atoms with Crippen LogP contribution in [0.2, 0.25) is 0 Å². The van der Waals surface area contributed by atoms with Gasteiger partial charge in [-0.25, -0.2) is 0 Å². The lowest BCUT2D eigenvalue weighted by atomic mass is 10.2. The van der Waals surface area contributed by atoms with Gasteiger partial charge in [0.25, 0.3) is 0 Å². The minimum absolute atomic E-state index is 0.958. The Morgan fingerprint density at radius 1 is 1.30 bits per heavy atom. The zero-order valence-corrected chi connectivity index (χ0v) is 16.3. The summed E-state index contributed by atoms with van der Waals surface area (Å²) >= 11 is 2.03. The van der Waals surface area contributed by atoms with E-state index in [1.54, 1.807) is 7.11 Å². The molecule has 0 unspecified atom stereocenters. The van der Waals surface area contributed by atoms with E-state index >= 15 is 0 Å². The minimum Gasteiger partial charge on any atom is -0.495 e. The van der Waals surface area contributed by atoms with Gasteiger partial charge in [0.15, 0.2) is 0 Å². The number of anilines is 1. The van der Waals surface area contributed by atoms with Crippen LogP contribution in [0.3, 0.4) is 0 Å². The number of nitrogens with zero attached hydrogens (tertiary/aromatic N) is 1. The molecule has 0 spiro atoms. The van der Waals surface area contributed by atoms with Gasteiger partial charge < -0.3 is 9.64 Å². The molecule has 4 heteroatoms. The molecule has 0 heterocycles. The number of terminal acetylenes is 1. The summed E-state index contributed by atoms with van der Waals surface area (Å²) < 4.78 is 5.34. The first-order valence-corrected chi connectivity index (χ1v) is 10.1. The van der Waals surface area contributed by atoms with Crippen LogP contribution in [0.4, 0.5) is 5.69 Å². The van der Waals surface area contributed by atoms with Crippen molar-refractivity contribution >= 4 is 35.8 Å². The molecule has 1 rings (SSSR count). The smallest absolute Gasteiger partial charge is 0.142 e. The van der Waals surface area contributed by atoms with Crippen LogP contribution in [-0.4, -0.2) is 20.2 Å². The number of aryl methyl sites for hydroxylation is 1. The lowest BCUT2D eigenvalue weighted by Gasteiger charge is -2.23. The van der Waals surface area contributed by atoms with Crippen molar-refractivity contribution in [1.82, 2.24) is 0 Å². The largest absolute Gasteiger partial charge is 0.495 e. The van der Waals surface area contributed by atoms with E-state index in [9.17, 15) is 0 Å². The summed E-state index contributed by atoms with van der Waals surface area (Å²) in [6.07, 6.45) is 4.73. The first-order valence-electron chi connectivity index (χ1n) is 6.77. The zero-order chi connectivity index (χ0) is 16.0. The molecule has 0 saturated carbocycles. The Labute approximate surface area is 141 Å². The van der Waals surface area contributed by atoms with E-state index in [4.69, 9.17) is 11.2 Å². The van der Waals surface area contributed by atoms with Crippen LogP contribution in [0.5, 0.6) is 5.75 Å². The van der Waals surface area contributed by atoms with E-state index in [0.29, 0.717) is 0 Å². The molecule has 0 amide bonds.